The van der Waals surface area contributed by atoms with Gasteiger partial charge in [-0.3, -0.25) is 5.41 Å². The number of guanidine groups is 2. The van der Waals surface area contributed by atoms with Gasteiger partial charge in [-0.15, -0.1) is 0 Å². The van der Waals surface area contributed by atoms with E-state index in [0.717, 1.165) is 0 Å². The van der Waals surface area contributed by atoms with Crippen LogP contribution in [0.3, 0.4) is 0 Å². The highest BCUT2D eigenvalue weighted by Gasteiger charge is 2.28. The van der Waals surface area contributed by atoms with Gasteiger partial charge < -0.3 is 21.1 Å². The third-order valence-electron chi connectivity index (χ3n) is 1.72. The molecule has 0 spiro atoms. The van der Waals surface area contributed by atoms with Crippen LogP contribution < -0.4 is 11.5 Å². The Morgan fingerprint density at radius 2 is 2.17 bits per heavy atom. The second-order valence-electron chi connectivity index (χ2n) is 2.62. The van der Waals surface area contributed by atoms with Gasteiger partial charge in [0.2, 0.25) is 5.96 Å². The lowest BCUT2D eigenvalue weighted by molar-refractivity contribution is 0.00491. The van der Waals surface area contributed by atoms with E-state index in [9.17, 15) is 0 Å². The van der Waals surface area contributed by atoms with Gasteiger partial charge in [-0.2, -0.15) is 4.99 Å². The lowest BCUT2D eigenvalue weighted by atomic mass is 10.2. The van der Waals surface area contributed by atoms with Crippen molar-refractivity contribution >= 4 is 11.9 Å². The quantitative estimate of drug-likeness (QED) is 0.331. The largest absolute Gasteiger partial charge is 0.378 e. The molecule has 1 saturated heterocycles. The minimum absolute atomic E-state index is 0.0825. The van der Waals surface area contributed by atoms with Gasteiger partial charge in [-0.25, -0.2) is 0 Å². The number of rotatable bonds is 1. The molecule has 6 nitrogen and oxygen atoms in total. The average Bonchev–Trinajstić information content (AvgIpc) is 1.82. The molecule has 6 heteroatoms. The molecule has 0 aromatic carbocycles. The first kappa shape index (κ1) is 8.79. The fourth-order valence-corrected chi connectivity index (χ4v) is 0.953. The Kier molecular flexibility index (Phi) is 2.49. The van der Waals surface area contributed by atoms with Crippen LogP contribution in [0.5, 0.6) is 0 Å². The van der Waals surface area contributed by atoms with Crippen LogP contribution in [-0.4, -0.2) is 43.1 Å². The molecule has 0 aromatic heterocycles. The summed E-state index contributed by atoms with van der Waals surface area (Å²) in [7, 11) is 1.65. The second kappa shape index (κ2) is 3.40. The van der Waals surface area contributed by atoms with Crippen molar-refractivity contribution < 1.29 is 4.74 Å². The molecule has 0 saturated carbocycles. The number of hydrogen-bond acceptors (Lipinski definition) is 2. The van der Waals surface area contributed by atoms with Crippen LogP contribution in [0.25, 0.3) is 0 Å². The van der Waals surface area contributed by atoms with Gasteiger partial charge in [0, 0.05) is 20.2 Å². The van der Waals surface area contributed by atoms with Crippen molar-refractivity contribution in [1.29, 1.82) is 5.41 Å². The first-order valence-corrected chi connectivity index (χ1v) is 3.59. The predicted octanol–water partition coefficient (Wildman–Crippen LogP) is -1.47. The number of aliphatic imine (C=N–C) groups is 1. The van der Waals surface area contributed by atoms with Crippen molar-refractivity contribution in [3.05, 3.63) is 0 Å². The second-order valence-corrected chi connectivity index (χ2v) is 2.62. The molecule has 0 aromatic rings. The Labute approximate surface area is 70.7 Å². The number of methoxy groups -OCH3 is 1. The van der Waals surface area contributed by atoms with Crippen LogP contribution in [0.1, 0.15) is 0 Å². The molecule has 68 valence electrons. The molecule has 1 fully saturated rings. The minimum Gasteiger partial charge on any atom is -0.378 e. The number of nitrogens with zero attached hydrogens (tertiary/aromatic N) is 2. The van der Waals surface area contributed by atoms with E-state index >= 15 is 0 Å². The van der Waals surface area contributed by atoms with Crippen LogP contribution in [0.15, 0.2) is 4.99 Å². The van der Waals surface area contributed by atoms with E-state index in [0.29, 0.717) is 13.1 Å². The Morgan fingerprint density at radius 1 is 1.58 bits per heavy atom. The van der Waals surface area contributed by atoms with Crippen molar-refractivity contribution in [3.8, 4) is 0 Å². The Balaban J connectivity index is 2.33. The lowest BCUT2D eigenvalue weighted by Crippen LogP contribution is -2.54. The van der Waals surface area contributed by atoms with Gasteiger partial charge in [0.1, 0.15) is 0 Å². The monoisotopic (exact) mass is 171 g/mol. The normalized spacial score (nSPS) is 16.9. The zero-order valence-corrected chi connectivity index (χ0v) is 6.95. The predicted molar refractivity (Wildman–Crippen MR) is 45.9 cm³/mol. The number of nitrogens with one attached hydrogen (secondary N) is 1. The first-order chi connectivity index (χ1) is 5.63. The van der Waals surface area contributed by atoms with E-state index in [1.165, 1.54) is 0 Å². The minimum atomic E-state index is -0.0825. The van der Waals surface area contributed by atoms with Gasteiger partial charge >= 0.3 is 0 Å². The standard InChI is InChI=1S/C6H13N5O/c1-12-4-2-11(3-4)6(9)10-5(7)8/h4H,2-3H2,1H3,(H5,7,8,9,10). The maximum Gasteiger partial charge on any atom is 0.221 e. The molecule has 0 unspecified atom stereocenters. The zero-order valence-electron chi connectivity index (χ0n) is 6.95. The molecule has 0 radical (unpaired) electrons. The van der Waals surface area contributed by atoms with Crippen LogP contribution in [0, 0.1) is 5.41 Å². The van der Waals surface area contributed by atoms with E-state index in [1.807, 2.05) is 0 Å². The molecule has 1 aliphatic heterocycles. The average molecular weight is 171 g/mol. The summed E-state index contributed by atoms with van der Waals surface area (Å²) in [5, 5.41) is 7.36. The third kappa shape index (κ3) is 1.85. The maximum absolute atomic E-state index is 7.36. The fourth-order valence-electron chi connectivity index (χ4n) is 0.953. The summed E-state index contributed by atoms with van der Waals surface area (Å²) in [6.07, 6.45) is 0.208. The summed E-state index contributed by atoms with van der Waals surface area (Å²) in [6.45, 7) is 1.37. The highest BCUT2D eigenvalue weighted by atomic mass is 16.5. The van der Waals surface area contributed by atoms with Crippen molar-refractivity contribution in [1.82, 2.24) is 4.90 Å². The molecular weight excluding hydrogens is 158 g/mol. The number of nitrogens with two attached hydrogens (primary N) is 2. The van der Waals surface area contributed by atoms with Gasteiger partial charge in [-0.1, -0.05) is 0 Å². The zero-order chi connectivity index (χ0) is 9.14. The van der Waals surface area contributed by atoms with Crippen LogP contribution >= 0.6 is 0 Å². The summed E-state index contributed by atoms with van der Waals surface area (Å²) in [4.78, 5) is 5.32. The van der Waals surface area contributed by atoms with Crippen LogP contribution in [-0.2, 0) is 4.74 Å². The number of hydrogen-bond donors (Lipinski definition) is 3. The van der Waals surface area contributed by atoms with Crippen LogP contribution in [0.4, 0.5) is 0 Å². The van der Waals surface area contributed by atoms with Gasteiger partial charge in [0.05, 0.1) is 6.10 Å². The van der Waals surface area contributed by atoms with E-state index in [4.69, 9.17) is 21.6 Å². The van der Waals surface area contributed by atoms with Crippen molar-refractivity contribution in [3.63, 3.8) is 0 Å². The summed E-state index contributed by atoms with van der Waals surface area (Å²) in [6, 6.07) is 0. The topological polar surface area (TPSA) is 101 Å². The molecule has 5 N–H and O–H groups in total. The third-order valence-corrected chi connectivity index (χ3v) is 1.72. The SMILES string of the molecule is COC1CN(C(=N)N=C(N)N)C1. The van der Waals surface area contributed by atoms with Crippen molar-refractivity contribution in [2.75, 3.05) is 20.2 Å². The van der Waals surface area contributed by atoms with E-state index < -0.39 is 0 Å². The Morgan fingerprint density at radius 3 is 2.58 bits per heavy atom. The summed E-state index contributed by atoms with van der Waals surface area (Å²) in [5.41, 5.74) is 10.2. The first-order valence-electron chi connectivity index (χ1n) is 3.59. The van der Waals surface area contributed by atoms with Gasteiger partial charge in [0.25, 0.3) is 0 Å². The van der Waals surface area contributed by atoms with E-state index in [1.54, 1.807) is 12.0 Å². The molecule has 0 bridgehead atoms. The Bertz CT molecular complexity index is 204. The van der Waals surface area contributed by atoms with Gasteiger partial charge in [0.15, 0.2) is 5.96 Å². The van der Waals surface area contributed by atoms with Crippen molar-refractivity contribution in [2.45, 2.75) is 6.10 Å². The summed E-state index contributed by atoms with van der Waals surface area (Å²) < 4.78 is 5.02. The molecule has 1 aliphatic rings. The van der Waals surface area contributed by atoms with Crippen molar-refractivity contribution in [2.24, 2.45) is 16.5 Å². The highest BCUT2D eigenvalue weighted by Crippen LogP contribution is 2.10. The Hall–Kier alpha value is -1.30. The molecule has 12 heavy (non-hydrogen) atoms. The smallest absolute Gasteiger partial charge is 0.221 e. The number of ether oxygens (including phenoxy) is 1. The lowest BCUT2D eigenvalue weighted by Gasteiger charge is -2.38. The number of likely N-dealkylation sites (tertiary alicyclic amines) is 1. The molecule has 0 amide bonds. The molecule has 1 heterocycles. The molecule has 1 rings (SSSR count). The van der Waals surface area contributed by atoms with Crippen LogP contribution in [0.2, 0.25) is 0 Å². The summed E-state index contributed by atoms with van der Waals surface area (Å²) in [5.74, 6) is 0.0177. The maximum atomic E-state index is 7.36. The van der Waals surface area contributed by atoms with E-state index in [-0.39, 0.29) is 18.0 Å². The fraction of sp³-hybridized carbons (Fsp3) is 0.667. The van der Waals surface area contributed by atoms with Gasteiger partial charge in [-0.05, 0) is 0 Å². The highest BCUT2D eigenvalue weighted by molar-refractivity contribution is 5.92. The van der Waals surface area contributed by atoms with E-state index in [2.05, 4.69) is 4.99 Å². The molecular formula is C6H13N5O. The summed E-state index contributed by atoms with van der Waals surface area (Å²) >= 11 is 0. The molecule has 0 aliphatic carbocycles. The molecule has 0 atom stereocenters.